The van der Waals surface area contributed by atoms with Crippen molar-refractivity contribution >= 4 is 5.97 Å². The Morgan fingerprint density at radius 3 is 1.86 bits per heavy atom. The van der Waals surface area contributed by atoms with Crippen LogP contribution in [0.2, 0.25) is 0 Å². The molecule has 2 aliphatic rings. The molecule has 1 N–H and O–H groups in total. The van der Waals surface area contributed by atoms with E-state index in [9.17, 15) is 9.90 Å². The molecule has 156 valence electrons. The van der Waals surface area contributed by atoms with Crippen LogP contribution in [0.5, 0.6) is 0 Å². The first kappa shape index (κ1) is 22.0. The van der Waals surface area contributed by atoms with E-state index in [0.29, 0.717) is 36.4 Å². The summed E-state index contributed by atoms with van der Waals surface area (Å²) >= 11 is 0. The van der Waals surface area contributed by atoms with Gasteiger partial charge in [0.2, 0.25) is 5.60 Å². The third kappa shape index (κ3) is 3.99. The molecule has 2 aromatic rings. The maximum Gasteiger partial charge on any atom is 0.347 e. The highest BCUT2D eigenvalue weighted by Gasteiger charge is 2.50. The monoisotopic (exact) mass is 461 g/mol. The molecule has 2 unspecified atom stereocenters. The highest BCUT2D eigenvalue weighted by molar-refractivity contribution is 5.85. The fourth-order valence-corrected chi connectivity index (χ4v) is 4.50. The number of ether oxygens (including phenoxy) is 2. The van der Waals surface area contributed by atoms with Crippen molar-refractivity contribution in [1.29, 1.82) is 0 Å². The van der Waals surface area contributed by atoms with Crippen LogP contribution < -0.4 is 17.0 Å². The van der Waals surface area contributed by atoms with Crippen molar-refractivity contribution in [2.24, 2.45) is 0 Å². The maximum absolute atomic E-state index is 13.3. The minimum Gasteiger partial charge on any atom is -1.00 e. The minimum atomic E-state index is -1.82. The van der Waals surface area contributed by atoms with Gasteiger partial charge in [0.1, 0.15) is 18.2 Å². The molecule has 2 bridgehead atoms. The van der Waals surface area contributed by atoms with Crippen LogP contribution in [0.4, 0.5) is 0 Å². The molecule has 2 atom stereocenters. The first-order chi connectivity index (χ1) is 13.4. The van der Waals surface area contributed by atoms with Gasteiger partial charge in [-0.25, -0.2) is 4.79 Å². The second-order valence-electron chi connectivity index (χ2n) is 8.42. The van der Waals surface area contributed by atoms with Crippen LogP contribution in [0.1, 0.15) is 24.0 Å². The predicted molar refractivity (Wildman–Crippen MR) is 106 cm³/mol. The summed E-state index contributed by atoms with van der Waals surface area (Å²) in [6.45, 7) is 1.36. The Kier molecular flexibility index (Phi) is 6.48. The molecule has 0 amide bonds. The van der Waals surface area contributed by atoms with E-state index < -0.39 is 11.6 Å². The van der Waals surface area contributed by atoms with Crippen LogP contribution in [-0.2, 0) is 19.9 Å². The van der Waals surface area contributed by atoms with Gasteiger partial charge in [-0.2, -0.15) is 0 Å². The van der Waals surface area contributed by atoms with E-state index in [1.807, 2.05) is 36.4 Å². The number of hydrogen-bond acceptors (Lipinski definition) is 4. The summed E-state index contributed by atoms with van der Waals surface area (Å²) in [6.07, 6.45) is 1.28. The topological polar surface area (TPSA) is 55.8 Å². The number of hydrogen-bond donors (Lipinski definition) is 1. The zero-order valence-electron chi connectivity index (χ0n) is 16.8. The number of rotatable bonds is 4. The van der Waals surface area contributed by atoms with Gasteiger partial charge in [-0.15, -0.1) is 0 Å². The number of nitrogens with zero attached hydrogens (tertiary/aromatic N) is 1. The largest absolute Gasteiger partial charge is 1.00 e. The number of carbonyl (C=O) groups excluding carboxylic acids is 1. The number of quaternary nitrogens is 1. The number of esters is 1. The zero-order chi connectivity index (χ0) is 19.8. The first-order valence-corrected chi connectivity index (χ1v) is 9.88. The Bertz CT molecular complexity index is 772. The second kappa shape index (κ2) is 8.56. The SMILES string of the molecule is C[N+]1(C)C2COCC1CC(OC(=O)C(O)(c1ccccc1)c1ccccc1)C2.[Br-]. The maximum atomic E-state index is 13.3. The summed E-state index contributed by atoms with van der Waals surface area (Å²) in [7, 11) is 4.44. The van der Waals surface area contributed by atoms with E-state index in [4.69, 9.17) is 9.47 Å². The number of likely N-dealkylation sites (N-methyl/N-ethyl adjacent to an activating group) is 1. The highest BCUT2D eigenvalue weighted by Crippen LogP contribution is 2.36. The normalized spacial score (nSPS) is 25.6. The Balaban J connectivity index is 0.00000240. The summed E-state index contributed by atoms with van der Waals surface area (Å²) in [5, 5.41) is 11.6. The van der Waals surface area contributed by atoms with Crippen molar-refractivity contribution in [3.05, 3.63) is 71.8 Å². The number of aliphatic hydroxyl groups is 1. The molecule has 6 heteroatoms. The van der Waals surface area contributed by atoms with Crippen LogP contribution in [0.25, 0.3) is 0 Å². The third-order valence-corrected chi connectivity index (χ3v) is 6.52. The van der Waals surface area contributed by atoms with Crippen molar-refractivity contribution in [2.75, 3.05) is 27.3 Å². The fraction of sp³-hybridized carbons (Fsp3) is 0.435. The van der Waals surface area contributed by atoms with E-state index in [1.165, 1.54) is 0 Å². The third-order valence-electron chi connectivity index (χ3n) is 6.52. The van der Waals surface area contributed by atoms with E-state index in [-0.39, 0.29) is 23.1 Å². The van der Waals surface area contributed by atoms with Crippen molar-refractivity contribution in [2.45, 2.75) is 36.6 Å². The highest BCUT2D eigenvalue weighted by atomic mass is 79.9. The van der Waals surface area contributed by atoms with Crippen LogP contribution in [-0.4, -0.2) is 61.1 Å². The van der Waals surface area contributed by atoms with E-state index >= 15 is 0 Å². The van der Waals surface area contributed by atoms with Gasteiger partial charge in [0, 0.05) is 12.8 Å². The van der Waals surface area contributed by atoms with Crippen molar-refractivity contribution in [3.63, 3.8) is 0 Å². The molecule has 2 aromatic carbocycles. The van der Waals surface area contributed by atoms with Crippen molar-refractivity contribution in [1.82, 2.24) is 0 Å². The molecule has 4 rings (SSSR count). The van der Waals surface area contributed by atoms with E-state index in [2.05, 4.69) is 14.1 Å². The first-order valence-electron chi connectivity index (χ1n) is 9.88. The van der Waals surface area contributed by atoms with Crippen LogP contribution in [0, 0.1) is 0 Å². The molecule has 2 saturated heterocycles. The van der Waals surface area contributed by atoms with Crippen molar-refractivity contribution < 1.29 is 40.8 Å². The molecule has 29 heavy (non-hydrogen) atoms. The lowest BCUT2D eigenvalue weighted by atomic mass is 9.85. The standard InChI is InChI=1S/C23H28NO4.BrH/c1-24(2)19-13-21(14-20(24)16-27-15-19)28-22(25)23(26,17-9-5-3-6-10-17)18-11-7-4-8-12-18;/h3-12,19-21,26H,13-16H2,1-2H3;1H/q+1;/p-1. The molecule has 2 aliphatic heterocycles. The average Bonchev–Trinajstić information content (AvgIpc) is 2.69. The molecule has 2 fully saturated rings. The molecule has 5 nitrogen and oxygen atoms in total. The predicted octanol–water partition coefficient (Wildman–Crippen LogP) is -0.524. The minimum absolute atomic E-state index is 0. The molecule has 0 aromatic heterocycles. The lowest BCUT2D eigenvalue weighted by molar-refractivity contribution is -0.953. The quantitative estimate of drug-likeness (QED) is 0.491. The second-order valence-corrected chi connectivity index (χ2v) is 8.42. The molecule has 0 spiro atoms. The van der Waals surface area contributed by atoms with Gasteiger partial charge in [-0.05, 0) is 11.1 Å². The van der Waals surface area contributed by atoms with Gasteiger partial charge >= 0.3 is 5.97 Å². The van der Waals surface area contributed by atoms with Gasteiger partial charge in [0.25, 0.3) is 0 Å². The molecule has 0 saturated carbocycles. The van der Waals surface area contributed by atoms with E-state index in [0.717, 1.165) is 17.3 Å². The lowest BCUT2D eigenvalue weighted by Gasteiger charge is -2.52. The number of fused-ring (bicyclic) bond motifs is 2. The molecule has 2 heterocycles. The lowest BCUT2D eigenvalue weighted by Crippen LogP contribution is -3.00. The molecule has 0 aliphatic carbocycles. The molecular formula is C23H28BrNO4. The van der Waals surface area contributed by atoms with Gasteiger partial charge in [0.05, 0.1) is 27.3 Å². The summed E-state index contributed by atoms with van der Waals surface area (Å²) in [5.41, 5.74) is -0.793. The van der Waals surface area contributed by atoms with Gasteiger partial charge in [-0.3, -0.25) is 0 Å². The Morgan fingerprint density at radius 2 is 1.41 bits per heavy atom. The summed E-state index contributed by atoms with van der Waals surface area (Å²) in [6, 6.07) is 18.6. The summed E-state index contributed by atoms with van der Waals surface area (Å²) in [5.74, 6) is -0.610. The Hall–Kier alpha value is -1.73. The van der Waals surface area contributed by atoms with Crippen LogP contribution in [0.3, 0.4) is 0 Å². The number of piperidine rings is 1. The Morgan fingerprint density at radius 1 is 0.966 bits per heavy atom. The molecule has 0 radical (unpaired) electrons. The van der Waals surface area contributed by atoms with E-state index in [1.54, 1.807) is 24.3 Å². The Labute approximate surface area is 182 Å². The van der Waals surface area contributed by atoms with Crippen LogP contribution >= 0.6 is 0 Å². The number of morpholine rings is 1. The van der Waals surface area contributed by atoms with Crippen LogP contribution in [0.15, 0.2) is 60.7 Å². The smallest absolute Gasteiger partial charge is 0.347 e. The number of benzene rings is 2. The summed E-state index contributed by atoms with van der Waals surface area (Å²) in [4.78, 5) is 13.3. The fourth-order valence-electron chi connectivity index (χ4n) is 4.50. The number of halogens is 1. The zero-order valence-corrected chi connectivity index (χ0v) is 18.4. The molecular weight excluding hydrogens is 434 g/mol. The average molecular weight is 462 g/mol. The van der Waals surface area contributed by atoms with Gasteiger partial charge in [-0.1, -0.05) is 60.7 Å². The number of carbonyl (C=O) groups is 1. The van der Waals surface area contributed by atoms with Gasteiger partial charge in [0.15, 0.2) is 0 Å². The summed E-state index contributed by atoms with van der Waals surface area (Å²) < 4.78 is 12.6. The van der Waals surface area contributed by atoms with Gasteiger partial charge < -0.3 is 36.0 Å². The van der Waals surface area contributed by atoms with Crippen molar-refractivity contribution in [3.8, 4) is 0 Å².